The van der Waals surface area contributed by atoms with Gasteiger partial charge in [-0.05, 0) is 37.1 Å². The number of hydrogen-bond acceptors (Lipinski definition) is 3. The van der Waals surface area contributed by atoms with Crippen LogP contribution in [0.4, 0.5) is 0 Å². The standard InChI is InChI=1S/C17H19Cl2NO2/c1-11(20)9-12-5-3-8-16(21-2)17(12)22-10-13-14(18)6-4-7-15(13)19/h3-8,11H,9-10,20H2,1-2H3. The van der Waals surface area contributed by atoms with E-state index in [1.807, 2.05) is 25.1 Å². The maximum absolute atomic E-state index is 6.18. The Bertz CT molecular complexity index is 624. The van der Waals surface area contributed by atoms with Crippen LogP contribution in [0.5, 0.6) is 11.5 Å². The molecule has 0 bridgehead atoms. The molecule has 2 aromatic rings. The summed E-state index contributed by atoms with van der Waals surface area (Å²) < 4.78 is 11.3. The van der Waals surface area contributed by atoms with Gasteiger partial charge in [0.05, 0.1) is 7.11 Å². The van der Waals surface area contributed by atoms with Crippen LogP contribution in [-0.4, -0.2) is 13.2 Å². The third kappa shape index (κ3) is 4.07. The van der Waals surface area contributed by atoms with E-state index in [2.05, 4.69) is 0 Å². The quantitative estimate of drug-likeness (QED) is 0.844. The van der Waals surface area contributed by atoms with Crippen molar-refractivity contribution in [3.05, 3.63) is 57.6 Å². The lowest BCUT2D eigenvalue weighted by molar-refractivity contribution is 0.281. The van der Waals surface area contributed by atoms with Crippen molar-refractivity contribution < 1.29 is 9.47 Å². The van der Waals surface area contributed by atoms with Gasteiger partial charge in [0.25, 0.3) is 0 Å². The van der Waals surface area contributed by atoms with E-state index in [1.54, 1.807) is 25.3 Å². The number of benzene rings is 2. The third-order valence-corrected chi connectivity index (χ3v) is 3.95. The fraction of sp³-hybridized carbons (Fsp3) is 0.294. The van der Waals surface area contributed by atoms with E-state index >= 15 is 0 Å². The molecule has 22 heavy (non-hydrogen) atoms. The van der Waals surface area contributed by atoms with Crippen molar-refractivity contribution in [2.45, 2.75) is 26.0 Å². The zero-order chi connectivity index (χ0) is 16.1. The van der Waals surface area contributed by atoms with Crippen LogP contribution in [0.3, 0.4) is 0 Å². The summed E-state index contributed by atoms with van der Waals surface area (Å²) in [6.07, 6.45) is 0.697. The second kappa shape index (κ2) is 7.73. The molecular weight excluding hydrogens is 321 g/mol. The number of para-hydroxylation sites is 1. The Morgan fingerprint density at radius 1 is 1.09 bits per heavy atom. The lowest BCUT2D eigenvalue weighted by atomic mass is 10.1. The van der Waals surface area contributed by atoms with Crippen LogP contribution in [0.25, 0.3) is 0 Å². The summed E-state index contributed by atoms with van der Waals surface area (Å²) in [6.45, 7) is 2.22. The van der Waals surface area contributed by atoms with Gasteiger partial charge in [-0.3, -0.25) is 0 Å². The summed E-state index contributed by atoms with van der Waals surface area (Å²) in [5.74, 6) is 1.35. The molecule has 0 amide bonds. The van der Waals surface area contributed by atoms with Gasteiger partial charge in [0.2, 0.25) is 0 Å². The molecule has 0 saturated heterocycles. The van der Waals surface area contributed by atoms with Gasteiger partial charge in [0.15, 0.2) is 11.5 Å². The molecule has 118 valence electrons. The van der Waals surface area contributed by atoms with Crippen molar-refractivity contribution >= 4 is 23.2 Å². The number of rotatable bonds is 6. The summed E-state index contributed by atoms with van der Waals surface area (Å²) in [5.41, 5.74) is 7.65. The highest BCUT2D eigenvalue weighted by molar-refractivity contribution is 6.35. The molecule has 0 heterocycles. The predicted molar refractivity (Wildman–Crippen MR) is 91.1 cm³/mol. The average Bonchev–Trinajstić information content (AvgIpc) is 2.47. The molecule has 0 aliphatic carbocycles. The van der Waals surface area contributed by atoms with Crippen molar-refractivity contribution in [3.63, 3.8) is 0 Å². The minimum Gasteiger partial charge on any atom is -0.493 e. The average molecular weight is 340 g/mol. The Kier molecular flexibility index (Phi) is 5.95. The number of methoxy groups -OCH3 is 1. The van der Waals surface area contributed by atoms with Gasteiger partial charge in [-0.25, -0.2) is 0 Å². The number of nitrogens with two attached hydrogens (primary N) is 1. The first-order valence-electron chi connectivity index (χ1n) is 7.00. The van der Waals surface area contributed by atoms with Crippen molar-refractivity contribution in [1.29, 1.82) is 0 Å². The molecule has 1 atom stereocenters. The highest BCUT2D eigenvalue weighted by Crippen LogP contribution is 2.34. The molecule has 3 nitrogen and oxygen atoms in total. The number of halogens is 2. The molecule has 1 unspecified atom stereocenters. The first-order chi connectivity index (χ1) is 10.5. The molecule has 2 N–H and O–H groups in total. The second-order valence-corrected chi connectivity index (χ2v) is 5.93. The zero-order valence-electron chi connectivity index (χ0n) is 12.6. The van der Waals surface area contributed by atoms with Crippen LogP contribution >= 0.6 is 23.2 Å². The van der Waals surface area contributed by atoms with E-state index in [0.29, 0.717) is 28.0 Å². The fourth-order valence-electron chi connectivity index (χ4n) is 2.21. The lowest BCUT2D eigenvalue weighted by Crippen LogP contribution is -2.18. The summed E-state index contributed by atoms with van der Waals surface area (Å²) in [5, 5.41) is 1.16. The molecule has 0 spiro atoms. The van der Waals surface area contributed by atoms with Gasteiger partial charge in [-0.15, -0.1) is 0 Å². The van der Waals surface area contributed by atoms with Crippen LogP contribution in [0, 0.1) is 0 Å². The minimum absolute atomic E-state index is 0.0263. The van der Waals surface area contributed by atoms with Crippen LogP contribution in [0.15, 0.2) is 36.4 Å². The first-order valence-corrected chi connectivity index (χ1v) is 7.75. The molecule has 2 aromatic carbocycles. The Hall–Kier alpha value is -1.42. The summed E-state index contributed by atoms with van der Waals surface area (Å²) in [6, 6.07) is 11.2. The van der Waals surface area contributed by atoms with E-state index in [-0.39, 0.29) is 12.6 Å². The van der Waals surface area contributed by atoms with Gasteiger partial charge >= 0.3 is 0 Å². The molecule has 0 aliphatic rings. The normalized spacial score (nSPS) is 12.0. The van der Waals surface area contributed by atoms with E-state index in [9.17, 15) is 0 Å². The molecule has 0 fully saturated rings. The molecule has 0 saturated carbocycles. The third-order valence-electron chi connectivity index (χ3n) is 3.24. The highest BCUT2D eigenvalue weighted by atomic mass is 35.5. The van der Waals surface area contributed by atoms with Crippen molar-refractivity contribution in [1.82, 2.24) is 0 Å². The predicted octanol–water partition coefficient (Wildman–Crippen LogP) is 4.47. The largest absolute Gasteiger partial charge is 0.493 e. The lowest BCUT2D eigenvalue weighted by Gasteiger charge is -2.17. The Labute approximate surface area is 140 Å². The highest BCUT2D eigenvalue weighted by Gasteiger charge is 2.14. The van der Waals surface area contributed by atoms with E-state index in [0.717, 1.165) is 11.1 Å². The number of hydrogen-bond donors (Lipinski definition) is 1. The van der Waals surface area contributed by atoms with E-state index < -0.39 is 0 Å². The maximum Gasteiger partial charge on any atom is 0.164 e. The van der Waals surface area contributed by atoms with Crippen LogP contribution in [-0.2, 0) is 13.0 Å². The minimum atomic E-state index is 0.0263. The Balaban J connectivity index is 2.28. The summed E-state index contributed by atoms with van der Waals surface area (Å²) >= 11 is 12.4. The fourth-order valence-corrected chi connectivity index (χ4v) is 2.71. The Morgan fingerprint density at radius 2 is 1.73 bits per heavy atom. The van der Waals surface area contributed by atoms with Crippen molar-refractivity contribution in [3.8, 4) is 11.5 Å². The molecule has 5 heteroatoms. The molecule has 0 aromatic heterocycles. The summed E-state index contributed by atoms with van der Waals surface area (Å²) in [4.78, 5) is 0. The monoisotopic (exact) mass is 339 g/mol. The van der Waals surface area contributed by atoms with Crippen molar-refractivity contribution in [2.75, 3.05) is 7.11 Å². The van der Waals surface area contributed by atoms with Gasteiger partial charge in [0.1, 0.15) is 6.61 Å². The molecule has 0 aliphatic heterocycles. The zero-order valence-corrected chi connectivity index (χ0v) is 14.1. The van der Waals surface area contributed by atoms with E-state index in [1.165, 1.54) is 0 Å². The molecule has 0 radical (unpaired) electrons. The van der Waals surface area contributed by atoms with Gasteiger partial charge in [-0.2, -0.15) is 0 Å². The number of ether oxygens (including phenoxy) is 2. The second-order valence-electron chi connectivity index (χ2n) is 5.12. The smallest absolute Gasteiger partial charge is 0.164 e. The SMILES string of the molecule is COc1cccc(CC(C)N)c1OCc1c(Cl)cccc1Cl. The first kappa shape index (κ1) is 16.9. The van der Waals surface area contributed by atoms with Gasteiger partial charge in [-0.1, -0.05) is 41.4 Å². The molecule has 2 rings (SSSR count). The van der Waals surface area contributed by atoms with Gasteiger partial charge in [0, 0.05) is 21.7 Å². The van der Waals surface area contributed by atoms with Crippen molar-refractivity contribution in [2.24, 2.45) is 5.73 Å². The summed E-state index contributed by atoms with van der Waals surface area (Å²) in [7, 11) is 1.61. The Morgan fingerprint density at radius 3 is 2.32 bits per heavy atom. The van der Waals surface area contributed by atoms with Gasteiger partial charge < -0.3 is 15.2 Å². The van der Waals surface area contributed by atoms with E-state index in [4.69, 9.17) is 38.4 Å². The van der Waals surface area contributed by atoms with Crippen LogP contribution in [0.2, 0.25) is 10.0 Å². The molecular formula is C17H19Cl2NO2. The van der Waals surface area contributed by atoms with Crippen LogP contribution in [0.1, 0.15) is 18.1 Å². The van der Waals surface area contributed by atoms with Crippen LogP contribution < -0.4 is 15.2 Å². The maximum atomic E-state index is 6.18. The topological polar surface area (TPSA) is 44.5 Å².